The van der Waals surface area contributed by atoms with Crippen molar-refractivity contribution < 1.29 is 14.6 Å². The van der Waals surface area contributed by atoms with Crippen molar-refractivity contribution in [3.05, 3.63) is 15.7 Å². The lowest BCUT2D eigenvalue weighted by Gasteiger charge is -2.28. The Balaban J connectivity index is 2.10. The number of ether oxygens (including phenoxy) is 2. The smallest absolute Gasteiger partial charge is 0.216 e. The van der Waals surface area contributed by atoms with Gasteiger partial charge in [-0.15, -0.1) is 0 Å². The molecule has 0 aliphatic carbocycles. The number of aliphatic hydroxyl groups is 1. The fourth-order valence-electron chi connectivity index (χ4n) is 1.74. The fraction of sp³-hybridized carbons (Fsp3) is 0.615. The van der Waals surface area contributed by atoms with Gasteiger partial charge < -0.3 is 19.5 Å². The van der Waals surface area contributed by atoms with Crippen LogP contribution in [-0.4, -0.2) is 48.6 Å². The normalized spacial score (nSPS) is 16.5. The molecule has 0 saturated carbocycles. The third kappa shape index (κ3) is 4.77. The van der Waals surface area contributed by atoms with Gasteiger partial charge in [0, 0.05) is 22.7 Å². The predicted octanol–water partition coefficient (Wildman–Crippen LogP) is 1.67. The lowest BCUT2D eigenvalue weighted by molar-refractivity contribution is 0.0268. The minimum atomic E-state index is -0.859. The summed E-state index contributed by atoms with van der Waals surface area (Å²) in [5.74, 6) is 1.46. The van der Waals surface area contributed by atoms with E-state index in [-0.39, 0.29) is 6.61 Å². The Kier molecular flexibility index (Phi) is 4.86. The van der Waals surface area contributed by atoms with E-state index >= 15 is 0 Å². The number of morpholine rings is 1. The van der Waals surface area contributed by atoms with Crippen LogP contribution in [0.15, 0.2) is 12.1 Å². The van der Waals surface area contributed by atoms with E-state index in [1.54, 1.807) is 13.8 Å². The SMILES string of the molecule is CC(C)(O)COc1cc(I)cc(N2CCOCC2)n1. The molecule has 1 fully saturated rings. The highest BCUT2D eigenvalue weighted by atomic mass is 127. The zero-order valence-electron chi connectivity index (χ0n) is 11.2. The third-order valence-corrected chi connectivity index (χ3v) is 3.28. The first-order valence-electron chi connectivity index (χ1n) is 6.29. The molecule has 1 aromatic heterocycles. The topological polar surface area (TPSA) is 54.8 Å². The molecule has 1 aliphatic rings. The summed E-state index contributed by atoms with van der Waals surface area (Å²) in [6.07, 6.45) is 0. The average molecular weight is 378 g/mol. The summed E-state index contributed by atoms with van der Waals surface area (Å²) in [5.41, 5.74) is -0.859. The summed E-state index contributed by atoms with van der Waals surface area (Å²) in [6.45, 7) is 6.80. The first-order valence-corrected chi connectivity index (χ1v) is 7.37. The molecule has 2 rings (SSSR count). The highest BCUT2D eigenvalue weighted by molar-refractivity contribution is 14.1. The minimum absolute atomic E-state index is 0.225. The van der Waals surface area contributed by atoms with E-state index in [9.17, 15) is 5.11 Å². The number of hydrogen-bond donors (Lipinski definition) is 1. The number of halogens is 1. The Morgan fingerprint density at radius 2 is 2.11 bits per heavy atom. The van der Waals surface area contributed by atoms with E-state index in [1.807, 2.05) is 12.1 Å². The lowest BCUT2D eigenvalue weighted by atomic mass is 10.2. The molecule has 1 aliphatic heterocycles. The number of rotatable bonds is 4. The fourth-order valence-corrected chi connectivity index (χ4v) is 2.28. The molecule has 1 saturated heterocycles. The van der Waals surface area contributed by atoms with Crippen LogP contribution < -0.4 is 9.64 Å². The molecule has 0 spiro atoms. The van der Waals surface area contributed by atoms with Gasteiger partial charge in [0.05, 0.1) is 18.8 Å². The van der Waals surface area contributed by atoms with Crippen LogP contribution in [0, 0.1) is 3.57 Å². The van der Waals surface area contributed by atoms with Gasteiger partial charge in [-0.3, -0.25) is 0 Å². The zero-order chi connectivity index (χ0) is 13.9. The van der Waals surface area contributed by atoms with Crippen molar-refractivity contribution in [2.45, 2.75) is 19.4 Å². The van der Waals surface area contributed by atoms with E-state index in [2.05, 4.69) is 32.5 Å². The van der Waals surface area contributed by atoms with Crippen LogP contribution in [0.4, 0.5) is 5.82 Å². The highest BCUT2D eigenvalue weighted by Crippen LogP contribution is 2.22. The number of hydrogen-bond acceptors (Lipinski definition) is 5. The molecule has 5 nitrogen and oxygen atoms in total. The van der Waals surface area contributed by atoms with Crippen molar-refractivity contribution in [1.29, 1.82) is 0 Å². The number of pyridine rings is 1. The van der Waals surface area contributed by atoms with E-state index in [0.717, 1.165) is 35.7 Å². The van der Waals surface area contributed by atoms with E-state index in [1.165, 1.54) is 0 Å². The molecule has 6 heteroatoms. The molecule has 0 radical (unpaired) electrons. The van der Waals surface area contributed by atoms with Crippen molar-refractivity contribution in [2.24, 2.45) is 0 Å². The van der Waals surface area contributed by atoms with Gasteiger partial charge in [0.25, 0.3) is 0 Å². The Labute approximate surface area is 127 Å². The van der Waals surface area contributed by atoms with Crippen LogP contribution in [0.1, 0.15) is 13.8 Å². The second kappa shape index (κ2) is 6.23. The summed E-state index contributed by atoms with van der Waals surface area (Å²) in [6, 6.07) is 3.90. The van der Waals surface area contributed by atoms with E-state index in [4.69, 9.17) is 9.47 Å². The lowest BCUT2D eigenvalue weighted by Crippen LogP contribution is -2.37. The molecule has 106 valence electrons. The maximum absolute atomic E-state index is 9.68. The summed E-state index contributed by atoms with van der Waals surface area (Å²) < 4.78 is 12.0. The van der Waals surface area contributed by atoms with Crippen LogP contribution in [0.2, 0.25) is 0 Å². The maximum atomic E-state index is 9.68. The van der Waals surface area contributed by atoms with Gasteiger partial charge in [-0.05, 0) is 42.5 Å². The molecule has 0 unspecified atom stereocenters. The van der Waals surface area contributed by atoms with Crippen molar-refractivity contribution in [3.8, 4) is 5.88 Å². The van der Waals surface area contributed by atoms with Crippen LogP contribution in [0.5, 0.6) is 5.88 Å². The van der Waals surface area contributed by atoms with Crippen LogP contribution >= 0.6 is 22.6 Å². The minimum Gasteiger partial charge on any atom is -0.475 e. The highest BCUT2D eigenvalue weighted by Gasteiger charge is 2.17. The molecule has 0 amide bonds. The van der Waals surface area contributed by atoms with E-state index in [0.29, 0.717) is 5.88 Å². The Hall–Kier alpha value is -0.600. The second-order valence-corrected chi connectivity index (χ2v) is 6.43. The first kappa shape index (κ1) is 14.8. The quantitative estimate of drug-likeness (QED) is 0.808. The summed E-state index contributed by atoms with van der Waals surface area (Å²) in [7, 11) is 0. The van der Waals surface area contributed by atoms with Crippen molar-refractivity contribution in [3.63, 3.8) is 0 Å². The number of aromatic nitrogens is 1. The van der Waals surface area contributed by atoms with Crippen LogP contribution in [0.25, 0.3) is 0 Å². The van der Waals surface area contributed by atoms with Crippen molar-refractivity contribution in [1.82, 2.24) is 4.98 Å². The van der Waals surface area contributed by atoms with Gasteiger partial charge in [0.2, 0.25) is 5.88 Å². The predicted molar refractivity (Wildman–Crippen MR) is 81.8 cm³/mol. The maximum Gasteiger partial charge on any atom is 0.216 e. The average Bonchev–Trinajstić information content (AvgIpc) is 2.36. The summed E-state index contributed by atoms with van der Waals surface area (Å²) in [4.78, 5) is 6.68. The molecule has 1 aromatic rings. The van der Waals surface area contributed by atoms with Gasteiger partial charge in [-0.1, -0.05) is 0 Å². The standard InChI is InChI=1S/C13H19IN2O3/c1-13(2,17)9-19-12-8-10(14)7-11(15-12)16-3-5-18-6-4-16/h7-8,17H,3-6,9H2,1-2H3. The molecule has 19 heavy (non-hydrogen) atoms. The molecule has 0 bridgehead atoms. The Bertz CT molecular complexity index is 428. The first-order chi connectivity index (χ1) is 8.94. The molecular formula is C13H19IN2O3. The van der Waals surface area contributed by atoms with Crippen molar-refractivity contribution >= 4 is 28.4 Å². The largest absolute Gasteiger partial charge is 0.475 e. The van der Waals surface area contributed by atoms with Gasteiger partial charge >= 0.3 is 0 Å². The summed E-state index contributed by atoms with van der Waals surface area (Å²) >= 11 is 2.25. The zero-order valence-corrected chi connectivity index (χ0v) is 13.4. The van der Waals surface area contributed by atoms with Crippen LogP contribution in [-0.2, 0) is 4.74 Å². The number of nitrogens with zero attached hydrogens (tertiary/aromatic N) is 2. The third-order valence-electron chi connectivity index (χ3n) is 2.66. The van der Waals surface area contributed by atoms with Gasteiger partial charge in [0.1, 0.15) is 12.4 Å². The molecule has 2 heterocycles. The molecule has 0 aromatic carbocycles. The summed E-state index contributed by atoms with van der Waals surface area (Å²) in [5, 5.41) is 9.68. The molecule has 1 N–H and O–H groups in total. The Morgan fingerprint density at radius 3 is 2.74 bits per heavy atom. The van der Waals surface area contributed by atoms with E-state index < -0.39 is 5.60 Å². The van der Waals surface area contributed by atoms with Gasteiger partial charge in [-0.25, -0.2) is 0 Å². The van der Waals surface area contributed by atoms with Crippen LogP contribution in [0.3, 0.4) is 0 Å². The van der Waals surface area contributed by atoms with Gasteiger partial charge in [0.15, 0.2) is 0 Å². The number of anilines is 1. The second-order valence-electron chi connectivity index (χ2n) is 5.18. The van der Waals surface area contributed by atoms with Crippen molar-refractivity contribution in [2.75, 3.05) is 37.8 Å². The monoisotopic (exact) mass is 378 g/mol. The molecule has 0 atom stereocenters. The van der Waals surface area contributed by atoms with Gasteiger partial charge in [-0.2, -0.15) is 4.98 Å². The molecular weight excluding hydrogens is 359 g/mol. The Morgan fingerprint density at radius 1 is 1.42 bits per heavy atom.